The zero-order valence-corrected chi connectivity index (χ0v) is 17.0. The van der Waals surface area contributed by atoms with E-state index in [0.29, 0.717) is 17.5 Å². The molecule has 7 heteroatoms. The molecule has 2 fully saturated rings. The maximum atomic E-state index is 12.7. The van der Waals surface area contributed by atoms with Crippen molar-refractivity contribution in [2.75, 3.05) is 0 Å². The van der Waals surface area contributed by atoms with Gasteiger partial charge in [0.25, 0.3) is 0 Å². The van der Waals surface area contributed by atoms with E-state index in [1.165, 1.54) is 4.90 Å². The van der Waals surface area contributed by atoms with Gasteiger partial charge in [-0.25, -0.2) is 13.1 Å². The summed E-state index contributed by atoms with van der Waals surface area (Å²) >= 11 is 0. The Morgan fingerprint density at radius 3 is 2.30 bits per heavy atom. The zero-order chi connectivity index (χ0) is 19.8. The maximum Gasteiger partial charge on any atom is 0.241 e. The van der Waals surface area contributed by atoms with Crippen molar-refractivity contribution in [3.05, 3.63) is 29.3 Å². The Labute approximate surface area is 161 Å². The Morgan fingerprint density at radius 1 is 1.15 bits per heavy atom. The Hall–Kier alpha value is -1.73. The molecule has 3 atom stereocenters. The Bertz CT molecular complexity index is 826. The monoisotopic (exact) mass is 392 g/mol. The number of sulfonamides is 1. The van der Waals surface area contributed by atoms with Gasteiger partial charge in [0.05, 0.1) is 23.3 Å². The number of hydrogen-bond acceptors (Lipinski definition) is 4. The average Bonchev–Trinajstić information content (AvgIpc) is 2.88. The second kappa shape index (κ2) is 7.72. The summed E-state index contributed by atoms with van der Waals surface area (Å²) in [5.41, 5.74) is 1.30. The SMILES string of the molecule is CCC(C)NS(=O)(=O)c1cc(CN2C(=O)C3CCCCC3C2=O)ccc1C. The van der Waals surface area contributed by atoms with Gasteiger partial charge in [-0.05, 0) is 50.3 Å². The lowest BCUT2D eigenvalue weighted by Crippen LogP contribution is -2.33. The highest BCUT2D eigenvalue weighted by atomic mass is 32.2. The van der Waals surface area contributed by atoms with Gasteiger partial charge in [-0.1, -0.05) is 31.9 Å². The van der Waals surface area contributed by atoms with Crippen LogP contribution in [0.15, 0.2) is 23.1 Å². The summed E-state index contributed by atoms with van der Waals surface area (Å²) in [5, 5.41) is 0. The van der Waals surface area contributed by atoms with Crippen LogP contribution in [0.5, 0.6) is 0 Å². The highest BCUT2D eigenvalue weighted by Crippen LogP contribution is 2.38. The first kappa shape index (κ1) is 20.0. The number of imide groups is 1. The standard InChI is InChI=1S/C20H28N2O4S/c1-4-14(3)21-27(25,26)18-11-15(10-9-13(18)2)12-22-19(23)16-7-5-6-8-17(16)20(22)24/h9-11,14,16-17,21H,4-8,12H2,1-3H3. The summed E-state index contributed by atoms with van der Waals surface area (Å²) < 4.78 is 28.0. The van der Waals surface area contributed by atoms with Crippen LogP contribution in [0.25, 0.3) is 0 Å². The number of rotatable bonds is 6. The van der Waals surface area contributed by atoms with Crippen molar-refractivity contribution in [2.24, 2.45) is 11.8 Å². The molecule has 1 aromatic carbocycles. The van der Waals surface area contributed by atoms with Gasteiger partial charge in [-0.15, -0.1) is 0 Å². The predicted octanol–water partition coefficient (Wildman–Crippen LogP) is 2.75. The molecule has 1 saturated heterocycles. The van der Waals surface area contributed by atoms with E-state index < -0.39 is 10.0 Å². The molecule has 27 heavy (non-hydrogen) atoms. The third kappa shape index (κ3) is 3.94. The predicted molar refractivity (Wildman–Crippen MR) is 102 cm³/mol. The molecular formula is C20H28N2O4S. The van der Waals surface area contributed by atoms with Crippen molar-refractivity contribution >= 4 is 21.8 Å². The summed E-state index contributed by atoms with van der Waals surface area (Å²) in [6, 6.07) is 4.95. The van der Waals surface area contributed by atoms with E-state index >= 15 is 0 Å². The quantitative estimate of drug-likeness (QED) is 0.755. The minimum atomic E-state index is -3.64. The number of carbonyl (C=O) groups is 2. The number of likely N-dealkylation sites (tertiary alicyclic amines) is 1. The summed E-state index contributed by atoms with van der Waals surface area (Å²) in [7, 11) is -3.64. The van der Waals surface area contributed by atoms with Gasteiger partial charge in [0.2, 0.25) is 21.8 Å². The molecule has 1 aromatic rings. The van der Waals surface area contributed by atoms with E-state index in [9.17, 15) is 18.0 Å². The van der Waals surface area contributed by atoms with E-state index in [1.54, 1.807) is 25.1 Å². The first-order valence-electron chi connectivity index (χ1n) is 9.71. The summed E-state index contributed by atoms with van der Waals surface area (Å²) in [6.45, 7) is 5.62. The zero-order valence-electron chi connectivity index (χ0n) is 16.2. The third-order valence-corrected chi connectivity index (χ3v) is 7.52. The number of carbonyl (C=O) groups excluding carboxylic acids is 2. The van der Waals surface area contributed by atoms with Gasteiger partial charge in [-0.3, -0.25) is 14.5 Å². The van der Waals surface area contributed by atoms with Crippen molar-refractivity contribution in [2.45, 2.75) is 70.4 Å². The molecule has 148 valence electrons. The molecule has 0 aromatic heterocycles. The highest BCUT2D eigenvalue weighted by molar-refractivity contribution is 7.89. The van der Waals surface area contributed by atoms with Crippen LogP contribution in [-0.4, -0.2) is 31.2 Å². The number of benzene rings is 1. The molecule has 1 aliphatic carbocycles. The van der Waals surface area contributed by atoms with E-state index in [-0.39, 0.29) is 41.1 Å². The molecule has 3 unspecified atom stereocenters. The molecule has 0 spiro atoms. The molecule has 3 rings (SSSR count). The van der Waals surface area contributed by atoms with E-state index in [0.717, 1.165) is 25.7 Å². The molecule has 0 bridgehead atoms. The molecule has 0 radical (unpaired) electrons. The Kier molecular flexibility index (Phi) is 5.72. The largest absolute Gasteiger partial charge is 0.278 e. The second-order valence-electron chi connectivity index (χ2n) is 7.79. The molecule has 2 amide bonds. The summed E-state index contributed by atoms with van der Waals surface area (Å²) in [6.07, 6.45) is 4.22. The summed E-state index contributed by atoms with van der Waals surface area (Å²) in [4.78, 5) is 26.9. The third-order valence-electron chi connectivity index (χ3n) is 5.78. The molecule has 1 aliphatic heterocycles. The summed E-state index contributed by atoms with van der Waals surface area (Å²) in [5.74, 6) is -0.584. The molecule has 1 saturated carbocycles. The maximum absolute atomic E-state index is 12.7. The minimum Gasteiger partial charge on any atom is -0.278 e. The van der Waals surface area contributed by atoms with Crippen molar-refractivity contribution in [1.82, 2.24) is 9.62 Å². The number of fused-ring (bicyclic) bond motifs is 1. The lowest BCUT2D eigenvalue weighted by atomic mass is 9.81. The van der Waals surface area contributed by atoms with Crippen LogP contribution in [0.3, 0.4) is 0 Å². The number of aryl methyl sites for hydroxylation is 1. The Morgan fingerprint density at radius 2 is 1.74 bits per heavy atom. The normalized spacial score (nSPS) is 24.2. The number of hydrogen-bond donors (Lipinski definition) is 1. The first-order valence-corrected chi connectivity index (χ1v) is 11.2. The molecule has 1 heterocycles. The minimum absolute atomic E-state index is 0.104. The lowest BCUT2D eigenvalue weighted by molar-refractivity contribution is -0.140. The van der Waals surface area contributed by atoms with E-state index in [2.05, 4.69) is 4.72 Å². The van der Waals surface area contributed by atoms with Gasteiger partial charge < -0.3 is 0 Å². The first-order chi connectivity index (χ1) is 12.7. The van der Waals surface area contributed by atoms with Crippen LogP contribution < -0.4 is 4.72 Å². The van der Waals surface area contributed by atoms with Crippen LogP contribution in [0.1, 0.15) is 57.1 Å². The molecule has 1 N–H and O–H groups in total. The fourth-order valence-electron chi connectivity index (χ4n) is 4.01. The van der Waals surface area contributed by atoms with Crippen LogP contribution in [0, 0.1) is 18.8 Å². The van der Waals surface area contributed by atoms with Gasteiger partial charge in [0.1, 0.15) is 0 Å². The van der Waals surface area contributed by atoms with Crippen LogP contribution in [0.2, 0.25) is 0 Å². The fraction of sp³-hybridized carbons (Fsp3) is 0.600. The van der Waals surface area contributed by atoms with E-state index in [1.807, 2.05) is 13.8 Å². The Balaban J connectivity index is 1.84. The van der Waals surface area contributed by atoms with Crippen LogP contribution >= 0.6 is 0 Å². The van der Waals surface area contributed by atoms with Crippen molar-refractivity contribution in [1.29, 1.82) is 0 Å². The van der Waals surface area contributed by atoms with Crippen LogP contribution in [0.4, 0.5) is 0 Å². The molecule has 2 aliphatic rings. The average molecular weight is 393 g/mol. The van der Waals surface area contributed by atoms with Gasteiger partial charge >= 0.3 is 0 Å². The highest BCUT2D eigenvalue weighted by Gasteiger charge is 2.47. The fourth-order valence-corrected chi connectivity index (χ4v) is 5.64. The smallest absolute Gasteiger partial charge is 0.241 e. The second-order valence-corrected chi connectivity index (χ2v) is 9.47. The van der Waals surface area contributed by atoms with Gasteiger partial charge in [0.15, 0.2) is 0 Å². The topological polar surface area (TPSA) is 83.6 Å². The van der Waals surface area contributed by atoms with Crippen molar-refractivity contribution in [3.63, 3.8) is 0 Å². The number of nitrogens with zero attached hydrogens (tertiary/aromatic N) is 1. The van der Waals surface area contributed by atoms with Crippen molar-refractivity contribution in [3.8, 4) is 0 Å². The van der Waals surface area contributed by atoms with Crippen molar-refractivity contribution < 1.29 is 18.0 Å². The van der Waals surface area contributed by atoms with E-state index in [4.69, 9.17) is 0 Å². The number of nitrogens with one attached hydrogen (secondary N) is 1. The lowest BCUT2D eigenvalue weighted by Gasteiger charge is -2.19. The molecular weight excluding hydrogens is 364 g/mol. The molecule has 6 nitrogen and oxygen atoms in total. The van der Waals surface area contributed by atoms with Crippen LogP contribution in [-0.2, 0) is 26.2 Å². The number of amides is 2. The van der Waals surface area contributed by atoms with Gasteiger partial charge in [-0.2, -0.15) is 0 Å². The van der Waals surface area contributed by atoms with Gasteiger partial charge in [0, 0.05) is 6.04 Å².